The van der Waals surface area contributed by atoms with E-state index in [-0.39, 0.29) is 5.97 Å². The largest absolute Gasteiger partial charge is 0.459 e. The van der Waals surface area contributed by atoms with E-state index in [0.717, 1.165) is 37.2 Å². The molecule has 1 N–H and O–H groups in total. The van der Waals surface area contributed by atoms with E-state index in [9.17, 15) is 4.79 Å². The third kappa shape index (κ3) is 4.70. The minimum atomic E-state index is -0.792. The van der Waals surface area contributed by atoms with E-state index in [4.69, 9.17) is 4.74 Å². The Morgan fingerprint density at radius 3 is 1.88 bits per heavy atom. The zero-order chi connectivity index (χ0) is 18.1. The molecular formula is C22H30NO2+. The maximum atomic E-state index is 13.1. The van der Waals surface area contributed by atoms with Crippen LogP contribution in [0.1, 0.15) is 38.3 Å². The normalized spacial score (nSPS) is 12.6. The molecule has 2 aromatic rings. The predicted molar refractivity (Wildman–Crippen MR) is 102 cm³/mol. The fourth-order valence-corrected chi connectivity index (χ4v) is 3.21. The van der Waals surface area contributed by atoms with Crippen LogP contribution < -0.4 is 4.90 Å². The number of rotatable bonds is 9. The summed E-state index contributed by atoms with van der Waals surface area (Å²) in [6.07, 6.45) is 1.14. The summed E-state index contributed by atoms with van der Waals surface area (Å²) in [6.45, 7) is 9.79. The molecule has 25 heavy (non-hydrogen) atoms. The average Bonchev–Trinajstić information content (AvgIpc) is 2.67. The van der Waals surface area contributed by atoms with Crippen molar-refractivity contribution < 1.29 is 14.4 Å². The van der Waals surface area contributed by atoms with Gasteiger partial charge in [0.15, 0.2) is 0 Å². The van der Waals surface area contributed by atoms with Crippen molar-refractivity contribution in [3.05, 3.63) is 71.8 Å². The molecule has 0 radical (unpaired) electrons. The quantitative estimate of drug-likeness (QED) is 0.712. The minimum absolute atomic E-state index is 0.183. The number of benzene rings is 2. The lowest BCUT2D eigenvalue weighted by molar-refractivity contribution is -0.898. The summed E-state index contributed by atoms with van der Waals surface area (Å²) in [7, 11) is 0. The summed E-state index contributed by atoms with van der Waals surface area (Å²) >= 11 is 0. The highest BCUT2D eigenvalue weighted by Crippen LogP contribution is 2.33. The first kappa shape index (κ1) is 19.2. The molecule has 0 fully saturated rings. The standard InChI is InChI=1S/C22H29NO2/c1-4-16-23(5-2)17-18-25-21(24)22(3,19-12-8-6-9-13-19)20-14-10-7-11-15-20/h6-15H,4-5,16-18H2,1-3H3/p+1. The molecule has 0 aliphatic carbocycles. The number of ether oxygens (including phenoxy) is 1. The van der Waals surface area contributed by atoms with Crippen LogP contribution in [0.3, 0.4) is 0 Å². The second-order valence-electron chi connectivity index (χ2n) is 6.60. The van der Waals surface area contributed by atoms with E-state index in [1.54, 1.807) is 0 Å². The molecule has 1 unspecified atom stereocenters. The predicted octanol–water partition coefficient (Wildman–Crippen LogP) is 2.85. The molecule has 0 aliphatic rings. The van der Waals surface area contributed by atoms with Crippen LogP contribution in [0.4, 0.5) is 0 Å². The number of hydrogen-bond acceptors (Lipinski definition) is 2. The van der Waals surface area contributed by atoms with E-state index in [1.165, 1.54) is 4.90 Å². The molecule has 0 saturated carbocycles. The molecule has 3 nitrogen and oxygen atoms in total. The first-order valence-corrected chi connectivity index (χ1v) is 9.24. The second-order valence-corrected chi connectivity index (χ2v) is 6.60. The molecule has 0 saturated heterocycles. The zero-order valence-corrected chi connectivity index (χ0v) is 15.6. The topological polar surface area (TPSA) is 30.7 Å². The van der Waals surface area contributed by atoms with Gasteiger partial charge in [-0.15, -0.1) is 0 Å². The number of nitrogens with one attached hydrogen (secondary N) is 1. The molecule has 2 rings (SSSR count). The Hall–Kier alpha value is -2.13. The first-order chi connectivity index (χ1) is 12.1. The summed E-state index contributed by atoms with van der Waals surface area (Å²) in [5, 5.41) is 0. The van der Waals surface area contributed by atoms with Gasteiger partial charge in [-0.3, -0.25) is 4.79 Å². The number of quaternary nitrogens is 1. The summed E-state index contributed by atoms with van der Waals surface area (Å²) in [4.78, 5) is 14.5. The Kier molecular flexibility index (Phi) is 7.20. The zero-order valence-electron chi connectivity index (χ0n) is 15.6. The fraction of sp³-hybridized carbons (Fsp3) is 0.409. The van der Waals surface area contributed by atoms with Crippen LogP contribution in [0.5, 0.6) is 0 Å². The van der Waals surface area contributed by atoms with E-state index < -0.39 is 5.41 Å². The van der Waals surface area contributed by atoms with Crippen LogP contribution >= 0.6 is 0 Å². The van der Waals surface area contributed by atoms with Gasteiger partial charge in [0, 0.05) is 0 Å². The maximum Gasteiger partial charge on any atom is 0.321 e. The Labute approximate surface area is 151 Å². The average molecular weight is 340 g/mol. The summed E-state index contributed by atoms with van der Waals surface area (Å²) < 4.78 is 5.73. The molecule has 0 aliphatic heterocycles. The third-order valence-corrected chi connectivity index (χ3v) is 4.90. The van der Waals surface area contributed by atoms with Gasteiger partial charge >= 0.3 is 5.97 Å². The van der Waals surface area contributed by atoms with Crippen molar-refractivity contribution in [2.75, 3.05) is 26.2 Å². The molecule has 1 atom stereocenters. The van der Waals surface area contributed by atoms with Gasteiger partial charge in [-0.2, -0.15) is 0 Å². The number of carbonyl (C=O) groups excluding carboxylic acids is 1. The van der Waals surface area contributed by atoms with Crippen molar-refractivity contribution >= 4 is 5.97 Å². The number of likely N-dealkylation sites (N-methyl/N-ethyl adjacent to an activating group) is 1. The molecule has 0 aromatic heterocycles. The number of esters is 1. The Morgan fingerprint density at radius 2 is 1.44 bits per heavy atom. The minimum Gasteiger partial charge on any atom is -0.459 e. The van der Waals surface area contributed by atoms with Crippen LogP contribution in [0, 0.1) is 0 Å². The van der Waals surface area contributed by atoms with E-state index in [2.05, 4.69) is 13.8 Å². The highest BCUT2D eigenvalue weighted by molar-refractivity contribution is 5.87. The van der Waals surface area contributed by atoms with Crippen LogP contribution in [-0.4, -0.2) is 32.2 Å². The smallest absolute Gasteiger partial charge is 0.321 e. The van der Waals surface area contributed by atoms with Gasteiger partial charge in [0.1, 0.15) is 18.6 Å². The molecule has 3 heteroatoms. The highest BCUT2D eigenvalue weighted by Gasteiger charge is 2.38. The monoisotopic (exact) mass is 340 g/mol. The Morgan fingerprint density at radius 1 is 0.920 bits per heavy atom. The van der Waals surface area contributed by atoms with Crippen molar-refractivity contribution in [2.45, 2.75) is 32.6 Å². The molecule has 0 amide bonds. The van der Waals surface area contributed by atoms with Gasteiger partial charge in [-0.05, 0) is 31.4 Å². The van der Waals surface area contributed by atoms with Gasteiger partial charge in [-0.1, -0.05) is 67.6 Å². The van der Waals surface area contributed by atoms with E-state index >= 15 is 0 Å². The molecule has 2 aromatic carbocycles. The highest BCUT2D eigenvalue weighted by atomic mass is 16.5. The van der Waals surface area contributed by atoms with Gasteiger partial charge in [0.25, 0.3) is 0 Å². The van der Waals surface area contributed by atoms with Crippen LogP contribution in [0.15, 0.2) is 60.7 Å². The van der Waals surface area contributed by atoms with Crippen LogP contribution in [0.25, 0.3) is 0 Å². The molecule has 0 spiro atoms. The molecule has 0 heterocycles. The third-order valence-electron chi connectivity index (χ3n) is 4.90. The Balaban J connectivity index is 2.18. The second kappa shape index (κ2) is 9.38. The summed E-state index contributed by atoms with van der Waals surface area (Å²) in [6, 6.07) is 19.8. The van der Waals surface area contributed by atoms with Crippen molar-refractivity contribution in [1.29, 1.82) is 0 Å². The SMILES string of the molecule is CCC[NH+](CC)CCOC(=O)C(C)(c1ccccc1)c1ccccc1. The first-order valence-electron chi connectivity index (χ1n) is 9.24. The molecular weight excluding hydrogens is 310 g/mol. The lowest BCUT2D eigenvalue weighted by Crippen LogP contribution is -3.12. The van der Waals surface area contributed by atoms with Gasteiger partial charge < -0.3 is 9.64 Å². The van der Waals surface area contributed by atoms with E-state index in [1.807, 2.05) is 67.6 Å². The summed E-state index contributed by atoms with van der Waals surface area (Å²) in [5.41, 5.74) is 1.12. The fourth-order valence-electron chi connectivity index (χ4n) is 3.21. The maximum absolute atomic E-state index is 13.1. The van der Waals surface area contributed by atoms with Gasteiger partial charge in [-0.25, -0.2) is 0 Å². The van der Waals surface area contributed by atoms with Crippen molar-refractivity contribution in [3.63, 3.8) is 0 Å². The van der Waals surface area contributed by atoms with E-state index in [0.29, 0.717) is 6.61 Å². The van der Waals surface area contributed by atoms with Gasteiger partial charge in [0.2, 0.25) is 0 Å². The lowest BCUT2D eigenvalue weighted by atomic mass is 9.76. The summed E-state index contributed by atoms with van der Waals surface area (Å²) in [5.74, 6) is -0.183. The lowest BCUT2D eigenvalue weighted by Gasteiger charge is -2.29. The van der Waals surface area contributed by atoms with Crippen LogP contribution in [0.2, 0.25) is 0 Å². The molecule has 134 valence electrons. The van der Waals surface area contributed by atoms with Crippen molar-refractivity contribution in [3.8, 4) is 0 Å². The number of carbonyl (C=O) groups is 1. The Bertz CT molecular complexity index is 600. The number of hydrogen-bond donors (Lipinski definition) is 1. The van der Waals surface area contributed by atoms with Crippen molar-refractivity contribution in [1.82, 2.24) is 0 Å². The van der Waals surface area contributed by atoms with Crippen molar-refractivity contribution in [2.24, 2.45) is 0 Å². The van der Waals surface area contributed by atoms with Gasteiger partial charge in [0.05, 0.1) is 13.1 Å². The van der Waals surface area contributed by atoms with Crippen LogP contribution in [-0.2, 0) is 14.9 Å². The molecule has 0 bridgehead atoms.